The fraction of sp³-hybridized carbons (Fsp3) is 0.538. The van der Waals surface area contributed by atoms with Crippen molar-refractivity contribution < 1.29 is 17.9 Å². The van der Waals surface area contributed by atoms with E-state index in [0.29, 0.717) is 17.9 Å². The monoisotopic (exact) mass is 302 g/mol. The Balaban J connectivity index is 2.94. The van der Waals surface area contributed by atoms with Crippen LogP contribution in [0.5, 0.6) is 0 Å². The summed E-state index contributed by atoms with van der Waals surface area (Å²) in [5, 5.41) is 0. The normalized spacial score (nSPS) is 13.4. The molecule has 1 atom stereocenters. The molecule has 1 unspecified atom stereocenters. The molecule has 3 N–H and O–H groups in total. The highest BCUT2D eigenvalue weighted by Gasteiger charge is 2.20. The van der Waals surface area contributed by atoms with Crippen molar-refractivity contribution in [2.24, 2.45) is 0 Å². The first kappa shape index (κ1) is 16.9. The summed E-state index contributed by atoms with van der Waals surface area (Å²) >= 11 is 0. The van der Waals surface area contributed by atoms with E-state index in [2.05, 4.69) is 4.72 Å². The van der Waals surface area contributed by atoms with Crippen LogP contribution in [0.4, 0.5) is 5.69 Å². The molecule has 0 aliphatic heterocycles. The van der Waals surface area contributed by atoms with Gasteiger partial charge >= 0.3 is 0 Å². The van der Waals surface area contributed by atoms with E-state index in [1.807, 2.05) is 0 Å². The molecule has 1 aromatic carbocycles. The maximum Gasteiger partial charge on any atom is 0.241 e. The first-order chi connectivity index (χ1) is 9.31. The fourth-order valence-corrected chi connectivity index (χ4v) is 3.23. The highest BCUT2D eigenvalue weighted by Crippen LogP contribution is 2.22. The summed E-state index contributed by atoms with van der Waals surface area (Å²) in [6, 6.07) is 3.35. The standard InChI is InChI=1S/C13H22N2O4S/c1-9-5-12(14)10(2)13(6-9)20(16,17)15-7-11(19-4)8-18-3/h5-6,11,15H,7-8,14H2,1-4H3. The van der Waals surface area contributed by atoms with Crippen molar-refractivity contribution >= 4 is 15.7 Å². The van der Waals surface area contributed by atoms with Crippen LogP contribution in [-0.2, 0) is 19.5 Å². The number of methoxy groups -OCH3 is 2. The zero-order valence-corrected chi connectivity index (χ0v) is 13.1. The fourth-order valence-electron chi connectivity index (χ4n) is 1.81. The van der Waals surface area contributed by atoms with Gasteiger partial charge in [0.2, 0.25) is 10.0 Å². The minimum absolute atomic E-state index is 0.139. The number of ether oxygens (including phenoxy) is 2. The number of benzene rings is 1. The van der Waals surface area contributed by atoms with E-state index in [9.17, 15) is 8.42 Å². The zero-order chi connectivity index (χ0) is 15.3. The maximum absolute atomic E-state index is 12.3. The van der Waals surface area contributed by atoms with Gasteiger partial charge in [-0.15, -0.1) is 0 Å². The van der Waals surface area contributed by atoms with Gasteiger partial charge < -0.3 is 15.2 Å². The van der Waals surface area contributed by atoms with Crippen molar-refractivity contribution in [1.82, 2.24) is 4.72 Å². The van der Waals surface area contributed by atoms with Crippen LogP contribution >= 0.6 is 0 Å². The van der Waals surface area contributed by atoms with Gasteiger partial charge in [-0.3, -0.25) is 0 Å². The number of rotatable bonds is 7. The Hall–Kier alpha value is -1.15. The van der Waals surface area contributed by atoms with Gasteiger partial charge in [-0.05, 0) is 37.1 Å². The maximum atomic E-state index is 12.3. The van der Waals surface area contributed by atoms with Crippen LogP contribution in [0.1, 0.15) is 11.1 Å². The molecule has 0 radical (unpaired) electrons. The summed E-state index contributed by atoms with van der Waals surface area (Å²) in [7, 11) is -0.583. The number of nitrogens with one attached hydrogen (secondary N) is 1. The Morgan fingerprint density at radius 3 is 2.50 bits per heavy atom. The average Bonchev–Trinajstić information content (AvgIpc) is 2.38. The van der Waals surface area contributed by atoms with Crippen molar-refractivity contribution in [3.05, 3.63) is 23.3 Å². The molecule has 0 bridgehead atoms. The first-order valence-electron chi connectivity index (χ1n) is 6.20. The highest BCUT2D eigenvalue weighted by atomic mass is 32.2. The number of anilines is 1. The molecule has 0 fully saturated rings. The molecule has 0 saturated carbocycles. The third kappa shape index (κ3) is 4.17. The van der Waals surface area contributed by atoms with E-state index in [1.165, 1.54) is 14.2 Å². The molecule has 6 nitrogen and oxygen atoms in total. The van der Waals surface area contributed by atoms with Gasteiger partial charge in [0.25, 0.3) is 0 Å². The Morgan fingerprint density at radius 1 is 1.30 bits per heavy atom. The van der Waals surface area contributed by atoms with E-state index in [4.69, 9.17) is 15.2 Å². The van der Waals surface area contributed by atoms with Crippen LogP contribution in [0.3, 0.4) is 0 Å². The second kappa shape index (κ2) is 7.03. The van der Waals surface area contributed by atoms with Crippen molar-refractivity contribution in [3.63, 3.8) is 0 Å². The van der Waals surface area contributed by atoms with Crippen LogP contribution in [0.2, 0.25) is 0 Å². The Morgan fingerprint density at radius 2 is 1.95 bits per heavy atom. The lowest BCUT2D eigenvalue weighted by Gasteiger charge is -2.16. The lowest BCUT2D eigenvalue weighted by atomic mass is 10.1. The molecule has 0 aromatic heterocycles. The molecule has 1 rings (SSSR count). The summed E-state index contributed by atoms with van der Waals surface area (Å²) in [5.74, 6) is 0. The summed E-state index contributed by atoms with van der Waals surface area (Å²) in [6.07, 6.45) is -0.336. The van der Waals surface area contributed by atoms with Crippen LogP contribution in [-0.4, -0.2) is 41.9 Å². The quantitative estimate of drug-likeness (QED) is 0.728. The SMILES string of the molecule is COCC(CNS(=O)(=O)c1cc(C)cc(N)c1C)OC. The van der Waals surface area contributed by atoms with Crippen molar-refractivity contribution in [2.45, 2.75) is 24.8 Å². The van der Waals surface area contributed by atoms with Gasteiger partial charge in [-0.2, -0.15) is 0 Å². The average molecular weight is 302 g/mol. The highest BCUT2D eigenvalue weighted by molar-refractivity contribution is 7.89. The number of hydrogen-bond acceptors (Lipinski definition) is 5. The Bertz CT molecular complexity index is 558. The molecule has 114 valence electrons. The van der Waals surface area contributed by atoms with Gasteiger partial charge in [0.05, 0.1) is 17.6 Å². The topological polar surface area (TPSA) is 90.7 Å². The first-order valence-corrected chi connectivity index (χ1v) is 7.68. The predicted molar refractivity (Wildman–Crippen MR) is 78.2 cm³/mol. The molecular formula is C13H22N2O4S. The van der Waals surface area contributed by atoms with E-state index < -0.39 is 10.0 Å². The van der Waals surface area contributed by atoms with Crippen LogP contribution < -0.4 is 10.5 Å². The predicted octanol–water partition coefficient (Wildman–Crippen LogP) is 0.825. The van der Waals surface area contributed by atoms with E-state index in [-0.39, 0.29) is 17.5 Å². The second-order valence-electron chi connectivity index (χ2n) is 4.64. The van der Waals surface area contributed by atoms with Gasteiger partial charge in [-0.25, -0.2) is 13.1 Å². The number of hydrogen-bond donors (Lipinski definition) is 2. The van der Waals surface area contributed by atoms with Crippen LogP contribution in [0.15, 0.2) is 17.0 Å². The molecule has 0 spiro atoms. The van der Waals surface area contributed by atoms with Crippen molar-refractivity contribution in [2.75, 3.05) is 33.1 Å². The molecule has 0 saturated heterocycles. The van der Waals surface area contributed by atoms with E-state index >= 15 is 0 Å². The van der Waals surface area contributed by atoms with Gasteiger partial charge in [0, 0.05) is 26.5 Å². The minimum Gasteiger partial charge on any atom is -0.398 e. The van der Waals surface area contributed by atoms with Gasteiger partial charge in [0.1, 0.15) is 0 Å². The summed E-state index contributed by atoms with van der Waals surface area (Å²) in [4.78, 5) is 0.197. The number of sulfonamides is 1. The molecule has 0 amide bonds. The lowest BCUT2D eigenvalue weighted by molar-refractivity contribution is 0.0320. The van der Waals surface area contributed by atoms with Gasteiger partial charge in [0.15, 0.2) is 0 Å². The molecule has 1 aromatic rings. The van der Waals surface area contributed by atoms with Crippen LogP contribution in [0, 0.1) is 13.8 Å². The summed E-state index contributed by atoms with van der Waals surface area (Å²) < 4.78 is 37.2. The summed E-state index contributed by atoms with van der Waals surface area (Å²) in [6.45, 7) is 3.94. The zero-order valence-electron chi connectivity index (χ0n) is 12.3. The third-order valence-corrected chi connectivity index (χ3v) is 4.57. The summed E-state index contributed by atoms with van der Waals surface area (Å²) in [5.41, 5.74) is 7.62. The molecule has 0 aliphatic rings. The number of aryl methyl sites for hydroxylation is 1. The molecule has 0 aliphatic carbocycles. The Labute approximate surface area is 120 Å². The van der Waals surface area contributed by atoms with Crippen molar-refractivity contribution in [3.8, 4) is 0 Å². The molecular weight excluding hydrogens is 280 g/mol. The molecule has 7 heteroatoms. The largest absolute Gasteiger partial charge is 0.398 e. The third-order valence-electron chi connectivity index (χ3n) is 3.02. The van der Waals surface area contributed by atoms with E-state index in [1.54, 1.807) is 26.0 Å². The van der Waals surface area contributed by atoms with Crippen molar-refractivity contribution in [1.29, 1.82) is 0 Å². The smallest absolute Gasteiger partial charge is 0.241 e. The van der Waals surface area contributed by atoms with Gasteiger partial charge in [-0.1, -0.05) is 0 Å². The van der Waals surface area contributed by atoms with Crippen LogP contribution in [0.25, 0.3) is 0 Å². The number of nitrogens with two attached hydrogens (primary N) is 1. The molecule has 20 heavy (non-hydrogen) atoms. The second-order valence-corrected chi connectivity index (χ2v) is 6.38. The van der Waals surface area contributed by atoms with E-state index in [0.717, 1.165) is 5.56 Å². The lowest BCUT2D eigenvalue weighted by Crippen LogP contribution is -2.36. The Kier molecular flexibility index (Phi) is 5.94. The minimum atomic E-state index is -3.62. The number of nitrogen functional groups attached to an aromatic ring is 1. The molecule has 0 heterocycles.